The molecule has 5 nitrogen and oxygen atoms in total. The van der Waals surface area contributed by atoms with Crippen LogP contribution in [-0.2, 0) is 13.2 Å². The second kappa shape index (κ2) is 10.4. The van der Waals surface area contributed by atoms with E-state index in [-0.39, 0.29) is 11.9 Å². The SMILES string of the molecule is O=C1c2[nH]nc(-c3ccc(Cl)cc3)c2C(c2ccc(OCc3ccccc3Cl)cc2)N1Cc1ccccc1. The quantitative estimate of drug-likeness (QED) is 0.230. The fourth-order valence-corrected chi connectivity index (χ4v) is 5.15. The molecule has 1 atom stereocenters. The van der Waals surface area contributed by atoms with Gasteiger partial charge in [-0.1, -0.05) is 96.0 Å². The van der Waals surface area contributed by atoms with Crippen molar-refractivity contribution in [2.75, 3.05) is 0 Å². The molecule has 38 heavy (non-hydrogen) atoms. The molecule has 5 aromatic rings. The van der Waals surface area contributed by atoms with E-state index in [1.54, 1.807) is 0 Å². The molecular formula is C31H23Cl2N3O2. The fourth-order valence-electron chi connectivity index (χ4n) is 4.84. The lowest BCUT2D eigenvalue weighted by atomic mass is 9.96. The van der Waals surface area contributed by atoms with Gasteiger partial charge in [0.2, 0.25) is 0 Å². The van der Waals surface area contributed by atoms with Crippen molar-refractivity contribution in [2.45, 2.75) is 19.2 Å². The maximum absolute atomic E-state index is 13.6. The Morgan fingerprint density at radius 3 is 2.29 bits per heavy atom. The number of carbonyl (C=O) groups is 1. The highest BCUT2D eigenvalue weighted by Gasteiger charge is 2.42. The van der Waals surface area contributed by atoms with Gasteiger partial charge in [0.15, 0.2) is 0 Å². The topological polar surface area (TPSA) is 58.2 Å². The number of amides is 1. The molecule has 0 fully saturated rings. The van der Waals surface area contributed by atoms with E-state index in [4.69, 9.17) is 27.9 Å². The van der Waals surface area contributed by atoms with Gasteiger partial charge < -0.3 is 9.64 Å². The van der Waals surface area contributed by atoms with Crippen LogP contribution in [0.15, 0.2) is 103 Å². The lowest BCUT2D eigenvalue weighted by molar-refractivity contribution is 0.0730. The normalized spacial score (nSPS) is 14.5. The van der Waals surface area contributed by atoms with Crippen LogP contribution in [0.25, 0.3) is 11.3 Å². The van der Waals surface area contributed by atoms with Gasteiger partial charge in [-0.25, -0.2) is 0 Å². The van der Waals surface area contributed by atoms with Crippen molar-refractivity contribution in [1.82, 2.24) is 15.1 Å². The number of rotatable bonds is 7. The average molecular weight is 540 g/mol. The number of ether oxygens (including phenoxy) is 1. The number of benzene rings is 4. The predicted octanol–water partition coefficient (Wildman–Crippen LogP) is 7.71. The van der Waals surface area contributed by atoms with Crippen LogP contribution in [0.5, 0.6) is 5.75 Å². The molecule has 6 rings (SSSR count). The number of halogens is 2. The summed E-state index contributed by atoms with van der Waals surface area (Å²) in [6, 6.07) is 32.7. The monoisotopic (exact) mass is 539 g/mol. The molecule has 1 unspecified atom stereocenters. The van der Waals surface area contributed by atoms with Gasteiger partial charge in [0, 0.05) is 33.3 Å². The third-order valence-electron chi connectivity index (χ3n) is 6.73. The molecule has 1 aliphatic heterocycles. The van der Waals surface area contributed by atoms with E-state index in [2.05, 4.69) is 10.2 Å². The van der Waals surface area contributed by atoms with E-state index in [1.807, 2.05) is 108 Å². The predicted molar refractivity (Wildman–Crippen MR) is 149 cm³/mol. The van der Waals surface area contributed by atoms with E-state index in [9.17, 15) is 4.79 Å². The Hall–Kier alpha value is -4.06. The summed E-state index contributed by atoms with van der Waals surface area (Å²) in [5.74, 6) is 0.638. The molecule has 1 N–H and O–H groups in total. The van der Waals surface area contributed by atoms with Crippen molar-refractivity contribution in [3.8, 4) is 17.0 Å². The molecular weight excluding hydrogens is 517 g/mol. The molecule has 1 amide bonds. The first-order valence-corrected chi connectivity index (χ1v) is 13.0. The first-order chi connectivity index (χ1) is 18.6. The van der Waals surface area contributed by atoms with E-state index in [1.165, 1.54) is 0 Å². The Kier molecular flexibility index (Phi) is 6.62. The van der Waals surface area contributed by atoms with Crippen LogP contribution in [0.3, 0.4) is 0 Å². The van der Waals surface area contributed by atoms with Crippen LogP contribution in [-0.4, -0.2) is 21.0 Å². The van der Waals surface area contributed by atoms with Gasteiger partial charge in [0.05, 0.1) is 11.7 Å². The van der Waals surface area contributed by atoms with E-state index in [0.717, 1.165) is 39.3 Å². The molecule has 7 heteroatoms. The minimum absolute atomic E-state index is 0.0828. The largest absolute Gasteiger partial charge is 0.489 e. The Labute approximate surface area is 230 Å². The van der Waals surface area contributed by atoms with Crippen molar-refractivity contribution < 1.29 is 9.53 Å². The molecule has 0 saturated carbocycles. The third-order valence-corrected chi connectivity index (χ3v) is 7.35. The molecule has 4 aromatic carbocycles. The molecule has 0 radical (unpaired) electrons. The van der Waals surface area contributed by atoms with Crippen molar-refractivity contribution in [3.05, 3.63) is 141 Å². The Morgan fingerprint density at radius 1 is 0.842 bits per heavy atom. The second-order valence-corrected chi connectivity index (χ2v) is 9.98. The number of hydrogen-bond acceptors (Lipinski definition) is 3. The van der Waals surface area contributed by atoms with Crippen LogP contribution in [0.1, 0.15) is 38.8 Å². The molecule has 0 bridgehead atoms. The van der Waals surface area contributed by atoms with E-state index < -0.39 is 0 Å². The zero-order valence-corrected chi connectivity index (χ0v) is 21.8. The number of fused-ring (bicyclic) bond motifs is 1. The lowest BCUT2D eigenvalue weighted by Crippen LogP contribution is -2.29. The van der Waals surface area contributed by atoms with Gasteiger partial charge >= 0.3 is 0 Å². The zero-order chi connectivity index (χ0) is 26.1. The number of carbonyl (C=O) groups excluding carboxylic acids is 1. The van der Waals surface area contributed by atoms with Crippen molar-refractivity contribution >= 4 is 29.1 Å². The smallest absolute Gasteiger partial charge is 0.273 e. The van der Waals surface area contributed by atoms with Crippen molar-refractivity contribution in [1.29, 1.82) is 0 Å². The summed E-state index contributed by atoms with van der Waals surface area (Å²) in [5, 5.41) is 8.87. The number of H-pyrrole nitrogens is 1. The highest BCUT2D eigenvalue weighted by molar-refractivity contribution is 6.31. The Bertz CT molecular complexity index is 1580. The number of hydrogen-bond donors (Lipinski definition) is 1. The molecule has 0 aliphatic carbocycles. The minimum atomic E-state index is -0.320. The summed E-state index contributed by atoms with van der Waals surface area (Å²) >= 11 is 12.4. The number of nitrogens with one attached hydrogen (secondary N) is 1. The summed E-state index contributed by atoms with van der Waals surface area (Å²) < 4.78 is 6.00. The molecule has 188 valence electrons. The number of nitrogens with zero attached hydrogens (tertiary/aromatic N) is 2. The lowest BCUT2D eigenvalue weighted by Gasteiger charge is -2.26. The van der Waals surface area contributed by atoms with E-state index >= 15 is 0 Å². The molecule has 1 aliphatic rings. The minimum Gasteiger partial charge on any atom is -0.489 e. The van der Waals surface area contributed by atoms with Gasteiger partial charge in [-0.3, -0.25) is 9.89 Å². The Morgan fingerprint density at radius 2 is 1.55 bits per heavy atom. The van der Waals surface area contributed by atoms with Crippen molar-refractivity contribution in [3.63, 3.8) is 0 Å². The van der Waals surface area contributed by atoms with Gasteiger partial charge in [0.1, 0.15) is 18.1 Å². The molecule has 1 aromatic heterocycles. The van der Waals surface area contributed by atoms with E-state index in [0.29, 0.717) is 28.9 Å². The second-order valence-electron chi connectivity index (χ2n) is 9.14. The summed E-state index contributed by atoms with van der Waals surface area (Å²) in [5.41, 5.74) is 5.94. The highest BCUT2D eigenvalue weighted by atomic mass is 35.5. The first-order valence-electron chi connectivity index (χ1n) is 12.2. The number of aromatic nitrogens is 2. The van der Waals surface area contributed by atoms with Gasteiger partial charge in [-0.05, 0) is 41.5 Å². The Balaban J connectivity index is 1.35. The standard InChI is InChI=1S/C31H23Cl2N3O2/c32-24-14-10-21(11-15-24)28-27-29(35-34-28)31(37)36(18-20-6-2-1-3-7-20)30(27)22-12-16-25(17-13-22)38-19-23-8-4-5-9-26(23)33/h1-17,30H,18-19H2,(H,34,35). The average Bonchev–Trinajstić information content (AvgIpc) is 3.49. The van der Waals surface area contributed by atoms with Gasteiger partial charge in [-0.15, -0.1) is 0 Å². The highest BCUT2D eigenvalue weighted by Crippen LogP contribution is 2.44. The van der Waals surface area contributed by atoms with Crippen LogP contribution in [0.4, 0.5) is 0 Å². The third kappa shape index (κ3) is 4.67. The summed E-state index contributed by atoms with van der Waals surface area (Å²) in [6.07, 6.45) is 0. The molecule has 0 saturated heterocycles. The summed E-state index contributed by atoms with van der Waals surface area (Å²) in [4.78, 5) is 15.5. The van der Waals surface area contributed by atoms with Crippen LogP contribution in [0.2, 0.25) is 10.0 Å². The molecule has 2 heterocycles. The van der Waals surface area contributed by atoms with Gasteiger partial charge in [-0.2, -0.15) is 5.10 Å². The summed E-state index contributed by atoms with van der Waals surface area (Å²) in [6.45, 7) is 0.839. The fraction of sp³-hybridized carbons (Fsp3) is 0.0968. The number of aromatic amines is 1. The summed E-state index contributed by atoms with van der Waals surface area (Å²) in [7, 11) is 0. The maximum atomic E-state index is 13.6. The zero-order valence-electron chi connectivity index (χ0n) is 20.3. The van der Waals surface area contributed by atoms with Crippen molar-refractivity contribution in [2.24, 2.45) is 0 Å². The van der Waals surface area contributed by atoms with Crippen LogP contribution < -0.4 is 4.74 Å². The van der Waals surface area contributed by atoms with Crippen LogP contribution >= 0.6 is 23.2 Å². The van der Waals surface area contributed by atoms with Crippen LogP contribution in [0, 0.1) is 0 Å². The molecule has 0 spiro atoms. The maximum Gasteiger partial charge on any atom is 0.273 e. The van der Waals surface area contributed by atoms with Gasteiger partial charge in [0.25, 0.3) is 5.91 Å². The first kappa shape index (κ1) is 24.3.